The summed E-state index contributed by atoms with van der Waals surface area (Å²) in [6.45, 7) is 0.440. The maximum absolute atomic E-state index is 11.9. The first-order valence-corrected chi connectivity index (χ1v) is 5.95. The zero-order chi connectivity index (χ0) is 14.5. The second-order valence-corrected chi connectivity index (χ2v) is 4.26. The third-order valence-electron chi connectivity index (χ3n) is 2.71. The molecule has 0 fully saturated rings. The van der Waals surface area contributed by atoms with Crippen molar-refractivity contribution in [3.63, 3.8) is 0 Å². The Balaban J connectivity index is 1.95. The average Bonchev–Trinajstić information content (AvgIpc) is 2.89. The number of hydrogen-bond donors (Lipinski definition) is 2. The third-order valence-corrected chi connectivity index (χ3v) is 2.71. The highest BCUT2D eigenvalue weighted by atomic mass is 16.6. The summed E-state index contributed by atoms with van der Waals surface area (Å²) >= 11 is 0. The second-order valence-electron chi connectivity index (χ2n) is 4.26. The van der Waals surface area contributed by atoms with E-state index in [1.807, 2.05) is 6.07 Å². The lowest BCUT2D eigenvalue weighted by atomic mass is 10.1. The van der Waals surface area contributed by atoms with Gasteiger partial charge >= 0.3 is 5.97 Å². The minimum absolute atomic E-state index is 0.0427. The highest BCUT2D eigenvalue weighted by molar-refractivity contribution is 6.36. The maximum atomic E-state index is 11.9. The molecule has 0 aliphatic carbocycles. The maximum Gasteiger partial charge on any atom is 0.353 e. The molecule has 1 atom stereocenters. The fourth-order valence-electron chi connectivity index (χ4n) is 1.77. The van der Waals surface area contributed by atoms with Crippen molar-refractivity contribution in [3.05, 3.63) is 29.8 Å². The molecule has 2 N–H and O–H groups in total. The van der Waals surface area contributed by atoms with Gasteiger partial charge in [0.05, 0.1) is 6.61 Å². The van der Waals surface area contributed by atoms with Crippen LogP contribution in [0.3, 0.4) is 0 Å². The van der Waals surface area contributed by atoms with Crippen LogP contribution in [0, 0.1) is 0 Å². The minimum Gasteiger partial charge on any atom is -0.477 e. The number of methoxy groups -OCH3 is 1. The quantitative estimate of drug-likeness (QED) is 0.837. The first kappa shape index (κ1) is 14.0. The Hall–Kier alpha value is -2.41. The van der Waals surface area contributed by atoms with Gasteiger partial charge in [-0.25, -0.2) is 4.79 Å². The van der Waals surface area contributed by atoms with Crippen molar-refractivity contribution in [2.75, 3.05) is 12.4 Å². The number of amides is 1. The largest absolute Gasteiger partial charge is 0.477 e. The van der Waals surface area contributed by atoms with Gasteiger partial charge in [-0.1, -0.05) is 17.3 Å². The Morgan fingerprint density at radius 2 is 2.35 bits per heavy atom. The van der Waals surface area contributed by atoms with Crippen molar-refractivity contribution < 1.29 is 24.3 Å². The molecule has 20 heavy (non-hydrogen) atoms. The Bertz CT molecular complexity index is 555. The van der Waals surface area contributed by atoms with Crippen LogP contribution in [0.4, 0.5) is 5.69 Å². The number of aliphatic carboxylic acids is 1. The van der Waals surface area contributed by atoms with Gasteiger partial charge in [0.15, 0.2) is 5.71 Å². The van der Waals surface area contributed by atoms with Crippen molar-refractivity contribution >= 4 is 23.3 Å². The number of carboxylic acids is 1. The second kappa shape index (κ2) is 6.16. The molecule has 0 saturated heterocycles. The minimum atomic E-state index is -1.18. The van der Waals surface area contributed by atoms with Crippen molar-refractivity contribution in [2.24, 2.45) is 5.16 Å². The zero-order valence-corrected chi connectivity index (χ0v) is 10.8. The molecular weight excluding hydrogens is 264 g/mol. The van der Waals surface area contributed by atoms with Crippen molar-refractivity contribution in [1.29, 1.82) is 0 Å². The van der Waals surface area contributed by atoms with E-state index >= 15 is 0 Å². The number of rotatable bonds is 5. The van der Waals surface area contributed by atoms with E-state index in [1.54, 1.807) is 25.3 Å². The summed E-state index contributed by atoms with van der Waals surface area (Å²) in [6, 6.07) is 7.16. The Morgan fingerprint density at radius 1 is 1.55 bits per heavy atom. The molecule has 0 bridgehead atoms. The number of ether oxygens (including phenoxy) is 1. The van der Waals surface area contributed by atoms with Crippen LogP contribution in [0.25, 0.3) is 0 Å². The van der Waals surface area contributed by atoms with Gasteiger partial charge in [0, 0.05) is 19.2 Å². The van der Waals surface area contributed by atoms with Crippen LogP contribution in [-0.4, -0.2) is 35.9 Å². The van der Waals surface area contributed by atoms with Gasteiger partial charge in [-0.2, -0.15) is 0 Å². The summed E-state index contributed by atoms with van der Waals surface area (Å²) in [7, 11) is 1.59. The average molecular weight is 278 g/mol. The van der Waals surface area contributed by atoms with Crippen molar-refractivity contribution in [3.8, 4) is 0 Å². The monoisotopic (exact) mass is 278 g/mol. The molecule has 1 heterocycles. The molecule has 0 spiro atoms. The van der Waals surface area contributed by atoms with Gasteiger partial charge in [0.25, 0.3) is 5.91 Å². The van der Waals surface area contributed by atoms with Crippen LogP contribution in [0.1, 0.15) is 12.0 Å². The fourth-order valence-corrected chi connectivity index (χ4v) is 1.77. The first-order chi connectivity index (χ1) is 9.60. The van der Waals surface area contributed by atoms with Gasteiger partial charge < -0.3 is 20.0 Å². The molecule has 2 rings (SSSR count). The Morgan fingerprint density at radius 3 is 3.00 bits per heavy atom. The van der Waals surface area contributed by atoms with E-state index < -0.39 is 18.0 Å². The molecule has 7 nitrogen and oxygen atoms in total. The van der Waals surface area contributed by atoms with Crippen LogP contribution in [0.2, 0.25) is 0 Å². The van der Waals surface area contributed by atoms with Crippen LogP contribution in [-0.2, 0) is 25.8 Å². The van der Waals surface area contributed by atoms with Crippen LogP contribution >= 0.6 is 0 Å². The molecule has 1 aromatic rings. The predicted octanol–water partition coefficient (Wildman–Crippen LogP) is 1.00. The molecule has 0 saturated carbocycles. The predicted molar refractivity (Wildman–Crippen MR) is 70.3 cm³/mol. The molecular formula is C13H14N2O5. The topological polar surface area (TPSA) is 97.2 Å². The summed E-state index contributed by atoms with van der Waals surface area (Å²) in [5.74, 6) is -1.61. The van der Waals surface area contributed by atoms with E-state index in [0.717, 1.165) is 5.56 Å². The molecule has 1 aliphatic heterocycles. The lowest BCUT2D eigenvalue weighted by molar-refractivity contribution is -0.129. The van der Waals surface area contributed by atoms with Crippen molar-refractivity contribution in [1.82, 2.24) is 0 Å². The van der Waals surface area contributed by atoms with E-state index in [-0.39, 0.29) is 12.1 Å². The number of oxime groups is 1. The number of anilines is 1. The molecule has 1 unspecified atom stereocenters. The normalized spacial score (nSPS) is 17.2. The highest BCUT2D eigenvalue weighted by Crippen LogP contribution is 2.16. The van der Waals surface area contributed by atoms with Gasteiger partial charge in [0.1, 0.15) is 0 Å². The summed E-state index contributed by atoms with van der Waals surface area (Å²) in [5.41, 5.74) is 1.36. The number of nitrogens with one attached hydrogen (secondary N) is 1. The number of nitrogens with zero attached hydrogens (tertiary/aromatic N) is 1. The van der Waals surface area contributed by atoms with Crippen LogP contribution in [0.15, 0.2) is 29.4 Å². The van der Waals surface area contributed by atoms with Gasteiger partial charge in [-0.15, -0.1) is 0 Å². The fraction of sp³-hybridized carbons (Fsp3) is 0.308. The summed E-state index contributed by atoms with van der Waals surface area (Å²) < 4.78 is 5.01. The van der Waals surface area contributed by atoms with E-state index in [4.69, 9.17) is 14.7 Å². The lowest BCUT2D eigenvalue weighted by Gasteiger charge is -2.10. The lowest BCUT2D eigenvalue weighted by Crippen LogP contribution is -2.28. The van der Waals surface area contributed by atoms with Crippen molar-refractivity contribution in [2.45, 2.75) is 19.1 Å². The smallest absolute Gasteiger partial charge is 0.353 e. The molecule has 1 aliphatic rings. The highest BCUT2D eigenvalue weighted by Gasteiger charge is 2.31. The molecule has 0 aromatic heterocycles. The molecule has 1 aromatic carbocycles. The summed E-state index contributed by atoms with van der Waals surface area (Å²) in [4.78, 5) is 27.4. The van der Waals surface area contributed by atoms with Gasteiger partial charge in [-0.05, 0) is 17.7 Å². The number of carbonyl (C=O) groups is 2. The third kappa shape index (κ3) is 3.33. The summed E-state index contributed by atoms with van der Waals surface area (Å²) in [6.07, 6.45) is -0.953. The summed E-state index contributed by atoms with van der Waals surface area (Å²) in [5, 5.41) is 14.8. The SMILES string of the molecule is COCc1cccc(NC(=O)C2CC(C(=O)O)=NO2)c1. The Kier molecular flexibility index (Phi) is 4.31. The molecule has 1 amide bonds. The molecule has 106 valence electrons. The first-order valence-electron chi connectivity index (χ1n) is 5.95. The molecule has 7 heteroatoms. The number of carbonyl (C=O) groups excluding carboxylic acids is 1. The number of carboxylic acid groups (broad SMARTS) is 1. The zero-order valence-electron chi connectivity index (χ0n) is 10.8. The Labute approximate surface area is 115 Å². The molecule has 0 radical (unpaired) electrons. The van der Waals surface area contributed by atoms with E-state index in [0.29, 0.717) is 12.3 Å². The van der Waals surface area contributed by atoms with E-state index in [1.165, 1.54) is 0 Å². The number of hydrogen-bond acceptors (Lipinski definition) is 5. The van der Waals surface area contributed by atoms with Crippen LogP contribution < -0.4 is 5.32 Å². The van der Waals surface area contributed by atoms with E-state index in [2.05, 4.69) is 10.5 Å². The van der Waals surface area contributed by atoms with Gasteiger partial charge in [0.2, 0.25) is 6.10 Å². The number of benzene rings is 1. The van der Waals surface area contributed by atoms with Gasteiger partial charge in [-0.3, -0.25) is 4.79 Å². The standard InChI is InChI=1S/C13H14N2O5/c1-19-7-8-3-2-4-9(5-8)14-12(16)11-6-10(13(17)18)15-20-11/h2-5,11H,6-7H2,1H3,(H,14,16)(H,17,18). The van der Waals surface area contributed by atoms with E-state index in [9.17, 15) is 9.59 Å². The van der Waals surface area contributed by atoms with Crippen LogP contribution in [0.5, 0.6) is 0 Å².